The number of rotatable bonds is 3. The highest BCUT2D eigenvalue weighted by atomic mass is 79.9. The molecular weight excluding hydrogens is 395 g/mol. The Balaban J connectivity index is 1.70. The Labute approximate surface area is 152 Å². The maximum absolute atomic E-state index is 13.2. The molecular formula is C18H19BrF3N3. The van der Waals surface area contributed by atoms with Crippen molar-refractivity contribution in [3.05, 3.63) is 28.5 Å². The Morgan fingerprint density at radius 2 is 2.00 bits per heavy atom. The van der Waals surface area contributed by atoms with Crippen molar-refractivity contribution in [2.75, 3.05) is 5.32 Å². The molecule has 1 heterocycles. The highest BCUT2D eigenvalue weighted by molar-refractivity contribution is 9.10. The van der Waals surface area contributed by atoms with Gasteiger partial charge in [0.25, 0.3) is 0 Å². The van der Waals surface area contributed by atoms with Crippen molar-refractivity contribution >= 4 is 32.7 Å². The molecule has 2 fully saturated rings. The lowest BCUT2D eigenvalue weighted by molar-refractivity contribution is -0.144. The molecule has 25 heavy (non-hydrogen) atoms. The fraction of sp³-hybridized carbons (Fsp3) is 0.556. The molecule has 2 aromatic rings. The van der Waals surface area contributed by atoms with Gasteiger partial charge in [-0.25, -0.2) is 9.97 Å². The second-order valence-electron chi connectivity index (χ2n) is 7.33. The van der Waals surface area contributed by atoms with E-state index in [-0.39, 0.29) is 11.9 Å². The van der Waals surface area contributed by atoms with Crippen LogP contribution in [-0.4, -0.2) is 16.0 Å². The van der Waals surface area contributed by atoms with E-state index in [0.29, 0.717) is 22.7 Å². The Kier molecular flexibility index (Phi) is 4.17. The highest BCUT2D eigenvalue weighted by Gasteiger charge is 2.42. The predicted octanol–water partition coefficient (Wildman–Crippen LogP) is 5.65. The van der Waals surface area contributed by atoms with Crippen LogP contribution >= 0.6 is 15.9 Å². The van der Waals surface area contributed by atoms with Crippen molar-refractivity contribution in [2.45, 2.75) is 44.8 Å². The number of halogens is 4. The molecule has 7 heteroatoms. The smallest absolute Gasteiger partial charge is 0.367 e. The minimum atomic E-state index is -4.56. The van der Waals surface area contributed by atoms with Crippen molar-refractivity contribution in [1.82, 2.24) is 9.97 Å². The molecule has 134 valence electrons. The van der Waals surface area contributed by atoms with Crippen LogP contribution in [-0.2, 0) is 6.18 Å². The van der Waals surface area contributed by atoms with Gasteiger partial charge in [0, 0.05) is 15.9 Å². The molecule has 0 radical (unpaired) electrons. The van der Waals surface area contributed by atoms with Crippen LogP contribution in [0.15, 0.2) is 22.7 Å². The standard InChI is InChI=1S/C18H19BrF3N3/c1-9(13-7-10-2-3-11(13)6-10)23-16-14-8-12(19)4-5-15(14)24-17(25-16)18(20,21)22/h4-5,8-11,13H,2-3,6-7H2,1H3,(H,23,24,25). The van der Waals surface area contributed by atoms with Gasteiger partial charge in [0.2, 0.25) is 5.82 Å². The molecule has 4 rings (SSSR count). The monoisotopic (exact) mass is 413 g/mol. The third-order valence-electron chi connectivity index (χ3n) is 5.71. The van der Waals surface area contributed by atoms with E-state index in [1.807, 2.05) is 0 Å². The van der Waals surface area contributed by atoms with Crippen LogP contribution in [0, 0.1) is 17.8 Å². The van der Waals surface area contributed by atoms with E-state index >= 15 is 0 Å². The minimum absolute atomic E-state index is 0.0912. The molecule has 2 aliphatic carbocycles. The second-order valence-corrected chi connectivity index (χ2v) is 8.24. The number of hydrogen-bond donors (Lipinski definition) is 1. The SMILES string of the molecule is CC(Nc1nc(C(F)(F)F)nc2ccc(Br)cc12)C1CC2CCC1C2. The van der Waals surface area contributed by atoms with Gasteiger partial charge in [-0.2, -0.15) is 13.2 Å². The summed E-state index contributed by atoms with van der Waals surface area (Å²) >= 11 is 3.38. The summed E-state index contributed by atoms with van der Waals surface area (Å²) in [5.41, 5.74) is 0.299. The highest BCUT2D eigenvalue weighted by Crippen LogP contribution is 2.50. The van der Waals surface area contributed by atoms with Gasteiger partial charge in [0.15, 0.2) is 0 Å². The molecule has 4 unspecified atom stereocenters. The van der Waals surface area contributed by atoms with Gasteiger partial charge in [0.1, 0.15) is 5.82 Å². The normalized spacial score (nSPS) is 27.0. The van der Waals surface area contributed by atoms with Gasteiger partial charge < -0.3 is 5.32 Å². The van der Waals surface area contributed by atoms with Gasteiger partial charge in [0.05, 0.1) is 5.52 Å². The Morgan fingerprint density at radius 1 is 1.20 bits per heavy atom. The lowest BCUT2D eigenvalue weighted by Crippen LogP contribution is -2.30. The molecule has 2 saturated carbocycles. The van der Waals surface area contributed by atoms with E-state index in [9.17, 15) is 13.2 Å². The maximum atomic E-state index is 13.2. The van der Waals surface area contributed by atoms with E-state index < -0.39 is 12.0 Å². The van der Waals surface area contributed by atoms with Crippen molar-refractivity contribution in [1.29, 1.82) is 0 Å². The first kappa shape index (κ1) is 17.1. The summed E-state index contributed by atoms with van der Waals surface area (Å²) in [5.74, 6) is 1.17. The summed E-state index contributed by atoms with van der Waals surface area (Å²) in [5, 5.41) is 3.89. The molecule has 1 N–H and O–H groups in total. The van der Waals surface area contributed by atoms with Crippen LogP contribution in [0.4, 0.5) is 19.0 Å². The van der Waals surface area contributed by atoms with Crippen LogP contribution < -0.4 is 5.32 Å². The maximum Gasteiger partial charge on any atom is 0.451 e. The van der Waals surface area contributed by atoms with E-state index in [0.717, 1.165) is 16.8 Å². The number of hydrogen-bond acceptors (Lipinski definition) is 3. The molecule has 0 aliphatic heterocycles. The molecule has 0 spiro atoms. The molecule has 2 aliphatic rings. The van der Waals surface area contributed by atoms with E-state index in [2.05, 4.69) is 38.1 Å². The largest absolute Gasteiger partial charge is 0.451 e. The molecule has 2 bridgehead atoms. The number of fused-ring (bicyclic) bond motifs is 3. The molecule has 0 amide bonds. The topological polar surface area (TPSA) is 37.8 Å². The zero-order chi connectivity index (χ0) is 17.8. The summed E-state index contributed by atoms with van der Waals surface area (Å²) < 4.78 is 40.3. The predicted molar refractivity (Wildman–Crippen MR) is 94.3 cm³/mol. The number of alkyl halides is 3. The van der Waals surface area contributed by atoms with E-state index in [1.54, 1.807) is 18.2 Å². The third-order valence-corrected chi connectivity index (χ3v) is 6.20. The van der Waals surface area contributed by atoms with Crippen molar-refractivity contribution in [2.24, 2.45) is 17.8 Å². The van der Waals surface area contributed by atoms with Crippen molar-refractivity contribution in [3.8, 4) is 0 Å². The van der Waals surface area contributed by atoms with Gasteiger partial charge in [-0.15, -0.1) is 0 Å². The summed E-state index contributed by atoms with van der Waals surface area (Å²) in [6, 6.07) is 5.14. The van der Waals surface area contributed by atoms with E-state index in [1.165, 1.54) is 19.3 Å². The minimum Gasteiger partial charge on any atom is -0.367 e. The Morgan fingerprint density at radius 3 is 2.64 bits per heavy atom. The van der Waals surface area contributed by atoms with Gasteiger partial charge in [-0.1, -0.05) is 22.4 Å². The van der Waals surface area contributed by atoms with Crippen molar-refractivity contribution < 1.29 is 13.2 Å². The number of nitrogens with zero attached hydrogens (tertiary/aromatic N) is 2. The first-order valence-electron chi connectivity index (χ1n) is 8.62. The first-order valence-corrected chi connectivity index (χ1v) is 9.41. The van der Waals surface area contributed by atoms with Gasteiger partial charge >= 0.3 is 6.18 Å². The summed E-state index contributed by atoms with van der Waals surface area (Å²) in [6.45, 7) is 2.06. The lowest BCUT2D eigenvalue weighted by Gasteiger charge is -2.29. The van der Waals surface area contributed by atoms with Crippen LogP contribution in [0.1, 0.15) is 38.4 Å². The van der Waals surface area contributed by atoms with Gasteiger partial charge in [-0.05, 0) is 62.1 Å². The molecule has 4 atom stereocenters. The Hall–Kier alpha value is -1.37. The summed E-state index contributed by atoms with van der Waals surface area (Å²) in [7, 11) is 0. The molecule has 1 aromatic heterocycles. The van der Waals surface area contributed by atoms with Crippen LogP contribution in [0.3, 0.4) is 0 Å². The summed E-state index contributed by atoms with van der Waals surface area (Å²) in [4.78, 5) is 7.51. The van der Waals surface area contributed by atoms with Crippen LogP contribution in [0.25, 0.3) is 10.9 Å². The summed E-state index contributed by atoms with van der Waals surface area (Å²) in [6.07, 6.45) is 0.409. The molecule has 1 aromatic carbocycles. The third kappa shape index (κ3) is 3.23. The second kappa shape index (κ2) is 6.11. The van der Waals surface area contributed by atoms with Crippen LogP contribution in [0.2, 0.25) is 0 Å². The average molecular weight is 414 g/mol. The van der Waals surface area contributed by atoms with Crippen LogP contribution in [0.5, 0.6) is 0 Å². The number of benzene rings is 1. The van der Waals surface area contributed by atoms with Crippen molar-refractivity contribution in [3.63, 3.8) is 0 Å². The zero-order valence-corrected chi connectivity index (χ0v) is 15.4. The fourth-order valence-corrected chi connectivity index (χ4v) is 4.93. The zero-order valence-electron chi connectivity index (χ0n) is 13.8. The fourth-order valence-electron chi connectivity index (χ4n) is 4.57. The quantitative estimate of drug-likeness (QED) is 0.706. The van der Waals surface area contributed by atoms with Gasteiger partial charge in [-0.3, -0.25) is 0 Å². The number of aromatic nitrogens is 2. The van der Waals surface area contributed by atoms with E-state index in [4.69, 9.17) is 0 Å². The Bertz CT molecular complexity index is 808. The molecule has 3 nitrogen and oxygen atoms in total. The lowest BCUT2D eigenvalue weighted by atomic mass is 9.84. The molecule has 0 saturated heterocycles. The number of nitrogens with one attached hydrogen (secondary N) is 1. The first-order chi connectivity index (χ1) is 11.8. The number of anilines is 1. The average Bonchev–Trinajstić information content (AvgIpc) is 3.17.